The molecule has 5 rings (SSSR count). The molecule has 2 atom stereocenters. The number of non-ortho nitro benzene ring substituents is 1. The summed E-state index contributed by atoms with van der Waals surface area (Å²) in [5.41, 5.74) is -0.503. The summed E-state index contributed by atoms with van der Waals surface area (Å²) in [6.07, 6.45) is -1.41. The second-order valence-electron chi connectivity index (χ2n) is 9.48. The summed E-state index contributed by atoms with van der Waals surface area (Å²) in [7, 11) is 1.42. The van der Waals surface area contributed by atoms with Gasteiger partial charge in [-0.2, -0.15) is 0 Å². The average molecular weight is 550 g/mol. The van der Waals surface area contributed by atoms with Gasteiger partial charge in [-0.25, -0.2) is 9.86 Å². The van der Waals surface area contributed by atoms with Crippen LogP contribution >= 0.6 is 0 Å². The van der Waals surface area contributed by atoms with Gasteiger partial charge in [0.25, 0.3) is 11.6 Å². The molecule has 3 aromatic carbocycles. The Morgan fingerprint density at radius 2 is 1.77 bits per heavy atom. The summed E-state index contributed by atoms with van der Waals surface area (Å²) >= 11 is 0. The molecule has 2 heterocycles. The van der Waals surface area contributed by atoms with Crippen LogP contribution in [0.3, 0.4) is 0 Å². The molecule has 1 amide bonds. The van der Waals surface area contributed by atoms with Gasteiger partial charge in [-0.3, -0.25) is 19.7 Å². The molecular formula is C28H27N3O9. The van der Waals surface area contributed by atoms with Crippen LogP contribution in [0.25, 0.3) is 0 Å². The van der Waals surface area contributed by atoms with Gasteiger partial charge in [0, 0.05) is 24.7 Å². The van der Waals surface area contributed by atoms with Gasteiger partial charge in [0.2, 0.25) is 0 Å². The molecular weight excluding hydrogens is 522 g/mol. The zero-order chi connectivity index (χ0) is 28.4. The maximum absolute atomic E-state index is 13.8. The highest BCUT2D eigenvalue weighted by atomic mass is 16.7. The number of carbonyl (C=O) groups is 2. The number of rotatable bonds is 9. The van der Waals surface area contributed by atoms with Crippen LogP contribution < -0.4 is 14.5 Å². The number of carbonyl (C=O) groups excluding carboxylic acids is 1. The van der Waals surface area contributed by atoms with E-state index in [2.05, 4.69) is 0 Å². The van der Waals surface area contributed by atoms with Gasteiger partial charge < -0.3 is 24.6 Å². The van der Waals surface area contributed by atoms with E-state index < -0.39 is 28.6 Å². The molecule has 2 aliphatic rings. The van der Waals surface area contributed by atoms with E-state index in [1.54, 1.807) is 0 Å². The number of hydrogen-bond donors (Lipinski definition) is 2. The molecule has 2 N–H and O–H groups in total. The first-order valence-corrected chi connectivity index (χ1v) is 12.5. The number of nitro groups is 1. The lowest BCUT2D eigenvalue weighted by molar-refractivity contribution is -0.384. The molecule has 0 aromatic heterocycles. The van der Waals surface area contributed by atoms with Gasteiger partial charge in [0.1, 0.15) is 13.2 Å². The van der Waals surface area contributed by atoms with Crippen molar-refractivity contribution in [3.63, 3.8) is 0 Å². The van der Waals surface area contributed by atoms with Crippen LogP contribution in [0.2, 0.25) is 0 Å². The molecule has 0 spiro atoms. The summed E-state index contributed by atoms with van der Waals surface area (Å²) < 4.78 is 11.5. The number of hydrogen-bond acceptors (Lipinski definition) is 9. The van der Waals surface area contributed by atoms with E-state index in [4.69, 9.17) is 14.3 Å². The minimum atomic E-state index is -1.97. The molecule has 208 valence electrons. The molecule has 0 radical (unpaired) electrons. The maximum Gasteiger partial charge on any atom is 0.334 e. The van der Waals surface area contributed by atoms with E-state index in [1.165, 1.54) is 43.5 Å². The van der Waals surface area contributed by atoms with Crippen LogP contribution in [-0.4, -0.2) is 57.3 Å². The third kappa shape index (κ3) is 4.67. The number of methoxy groups -OCH3 is 1. The Labute approximate surface area is 229 Å². The third-order valence-electron chi connectivity index (χ3n) is 7.19. The highest BCUT2D eigenvalue weighted by molar-refractivity contribution is 6.05. The number of fused-ring (bicyclic) bond motifs is 2. The minimum absolute atomic E-state index is 0.00905. The average Bonchev–Trinajstić information content (AvgIpc) is 3.40. The van der Waals surface area contributed by atoms with E-state index in [0.29, 0.717) is 12.0 Å². The number of amides is 1. The Bertz CT molecular complexity index is 1430. The monoisotopic (exact) mass is 549 g/mol. The van der Waals surface area contributed by atoms with Crippen LogP contribution in [0.5, 0.6) is 11.5 Å². The van der Waals surface area contributed by atoms with Crippen molar-refractivity contribution >= 4 is 23.3 Å². The van der Waals surface area contributed by atoms with E-state index >= 15 is 0 Å². The van der Waals surface area contributed by atoms with E-state index in [-0.39, 0.29) is 54.6 Å². The zero-order valence-corrected chi connectivity index (χ0v) is 21.6. The molecule has 40 heavy (non-hydrogen) atoms. The van der Waals surface area contributed by atoms with Gasteiger partial charge >= 0.3 is 5.97 Å². The van der Waals surface area contributed by atoms with Crippen molar-refractivity contribution in [2.24, 2.45) is 0 Å². The lowest BCUT2D eigenvalue weighted by Crippen LogP contribution is -2.64. The van der Waals surface area contributed by atoms with Crippen molar-refractivity contribution in [3.8, 4) is 11.5 Å². The van der Waals surface area contributed by atoms with Crippen LogP contribution in [0, 0.1) is 10.1 Å². The van der Waals surface area contributed by atoms with Crippen LogP contribution in [-0.2, 0) is 22.8 Å². The van der Waals surface area contributed by atoms with Crippen molar-refractivity contribution in [1.82, 2.24) is 4.90 Å². The molecule has 3 aromatic rings. The Morgan fingerprint density at radius 1 is 1.07 bits per heavy atom. The third-order valence-corrected chi connectivity index (χ3v) is 7.19. The topological polar surface area (TPSA) is 152 Å². The smallest absolute Gasteiger partial charge is 0.334 e. The molecule has 1 unspecified atom stereocenters. The highest BCUT2D eigenvalue weighted by Gasteiger charge is 2.60. The number of benzene rings is 3. The molecule has 0 aliphatic carbocycles. The molecule has 1 fully saturated rings. The molecule has 1 saturated heterocycles. The standard InChI is InChI=1S/C28H27N3O9/c1-38-23-14-21-22(15-24(23)39-16-18-6-3-2-4-7-18)30(40-17-19-8-10-20(11-9-19)31(36)37)26(33)28(27(34)35)12-5-13-29(28)25(21)32/h2-4,6-11,14-15,26,33H,5,12-13,16-17H2,1H3,(H,34,35)/t26?,28-/m0/s1. The van der Waals surface area contributed by atoms with Gasteiger partial charge in [0.15, 0.2) is 23.3 Å². The van der Waals surface area contributed by atoms with Crippen LogP contribution in [0.15, 0.2) is 66.7 Å². The van der Waals surface area contributed by atoms with Gasteiger partial charge in [-0.05, 0) is 42.2 Å². The summed E-state index contributed by atoms with van der Waals surface area (Å²) in [5.74, 6) is -1.46. The van der Waals surface area contributed by atoms with E-state index in [0.717, 1.165) is 15.5 Å². The second kappa shape index (κ2) is 10.8. The Kier molecular flexibility index (Phi) is 7.28. The molecule has 12 heteroatoms. The fraction of sp³-hybridized carbons (Fsp3) is 0.286. The number of hydroxylamine groups is 1. The fourth-order valence-corrected chi connectivity index (χ4v) is 5.10. The molecule has 12 nitrogen and oxygen atoms in total. The lowest BCUT2D eigenvalue weighted by Gasteiger charge is -2.40. The van der Waals surface area contributed by atoms with Crippen molar-refractivity contribution in [2.75, 3.05) is 18.7 Å². The molecule has 0 bridgehead atoms. The second-order valence-corrected chi connectivity index (χ2v) is 9.48. The normalized spacial score (nSPS) is 19.9. The number of aliphatic hydroxyl groups excluding tert-OH is 1. The summed E-state index contributed by atoms with van der Waals surface area (Å²) in [4.78, 5) is 44.0. The highest BCUT2D eigenvalue weighted by Crippen LogP contribution is 2.45. The van der Waals surface area contributed by atoms with Crippen molar-refractivity contribution in [1.29, 1.82) is 0 Å². The first kappa shape index (κ1) is 26.9. The summed E-state index contributed by atoms with van der Waals surface area (Å²) in [6, 6.07) is 17.9. The molecule has 0 saturated carbocycles. The van der Waals surface area contributed by atoms with Crippen molar-refractivity contribution < 1.29 is 39.0 Å². The zero-order valence-electron chi connectivity index (χ0n) is 21.6. The number of aliphatic carboxylic acids is 1. The quantitative estimate of drug-likeness (QED) is 0.300. The Hall–Kier alpha value is -4.68. The Balaban J connectivity index is 1.56. The van der Waals surface area contributed by atoms with Crippen LogP contribution in [0.4, 0.5) is 11.4 Å². The van der Waals surface area contributed by atoms with Gasteiger partial charge in [-0.1, -0.05) is 30.3 Å². The molecule has 2 aliphatic heterocycles. The number of aliphatic hydroxyl groups is 1. The number of nitro benzene ring substituents is 1. The summed E-state index contributed by atoms with van der Waals surface area (Å²) in [6.45, 7) is 0.137. The van der Waals surface area contributed by atoms with Crippen molar-refractivity contribution in [2.45, 2.75) is 37.8 Å². The van der Waals surface area contributed by atoms with E-state index in [9.17, 15) is 29.9 Å². The number of carboxylic acids is 1. The SMILES string of the molecule is COc1cc2c(cc1OCc1ccccc1)N(OCc1ccc([N+](=O)[O-])cc1)C(O)[C@]1(C(=O)O)CCCN1C2=O. The van der Waals surface area contributed by atoms with Gasteiger partial charge in [0.05, 0.1) is 23.3 Å². The Morgan fingerprint density at radius 3 is 2.42 bits per heavy atom. The number of nitrogens with zero attached hydrogens (tertiary/aromatic N) is 3. The number of carboxylic acid groups (broad SMARTS) is 1. The first-order chi connectivity index (χ1) is 19.3. The largest absolute Gasteiger partial charge is 0.493 e. The predicted octanol–water partition coefficient (Wildman–Crippen LogP) is 3.51. The number of ether oxygens (including phenoxy) is 2. The van der Waals surface area contributed by atoms with Gasteiger partial charge in [-0.15, -0.1) is 0 Å². The lowest BCUT2D eigenvalue weighted by atomic mass is 9.93. The fourth-order valence-electron chi connectivity index (χ4n) is 5.10. The number of anilines is 1. The minimum Gasteiger partial charge on any atom is -0.493 e. The first-order valence-electron chi connectivity index (χ1n) is 12.5. The maximum atomic E-state index is 13.8. The van der Waals surface area contributed by atoms with Crippen LogP contribution in [0.1, 0.15) is 34.3 Å². The van der Waals surface area contributed by atoms with E-state index in [1.807, 2.05) is 30.3 Å². The summed E-state index contributed by atoms with van der Waals surface area (Å²) in [5, 5.41) is 33.9. The predicted molar refractivity (Wildman–Crippen MR) is 141 cm³/mol. The van der Waals surface area contributed by atoms with Crippen molar-refractivity contribution in [3.05, 3.63) is 93.5 Å².